The Balaban J connectivity index is 1.59. The first-order chi connectivity index (χ1) is 15.8. The van der Waals surface area contributed by atoms with Gasteiger partial charge in [-0.2, -0.15) is 0 Å². The fourth-order valence-electron chi connectivity index (χ4n) is 5.03. The topological polar surface area (TPSA) is 72.8 Å². The van der Waals surface area contributed by atoms with E-state index in [9.17, 15) is 15.0 Å². The molecule has 1 aliphatic rings. The summed E-state index contributed by atoms with van der Waals surface area (Å²) in [4.78, 5) is 15.3. The Hall–Kier alpha value is -2.53. The Morgan fingerprint density at radius 3 is 2.52 bits per heavy atom. The summed E-state index contributed by atoms with van der Waals surface area (Å²) in [6.45, 7) is 10.8. The van der Waals surface area contributed by atoms with Crippen molar-refractivity contribution in [3.8, 4) is 11.5 Å². The number of aryl methyl sites for hydroxylation is 1. The largest absolute Gasteiger partial charge is 0.508 e. The summed E-state index contributed by atoms with van der Waals surface area (Å²) in [5, 5.41) is 22.7. The average molecular weight is 453 g/mol. The maximum absolute atomic E-state index is 12.8. The zero-order chi connectivity index (χ0) is 24.0. The molecule has 2 aromatic rings. The van der Waals surface area contributed by atoms with Gasteiger partial charge in [-0.05, 0) is 79.5 Å². The predicted octanol–water partition coefficient (Wildman–Crippen LogP) is 5.08. The van der Waals surface area contributed by atoms with Crippen LogP contribution in [0.4, 0.5) is 0 Å². The first-order valence-corrected chi connectivity index (χ1v) is 12.4. The van der Waals surface area contributed by atoms with Crippen molar-refractivity contribution in [2.45, 2.75) is 71.4 Å². The Bertz CT molecular complexity index is 898. The van der Waals surface area contributed by atoms with Gasteiger partial charge in [-0.15, -0.1) is 0 Å². The van der Waals surface area contributed by atoms with E-state index in [4.69, 9.17) is 0 Å². The van der Waals surface area contributed by atoms with Crippen LogP contribution in [0.3, 0.4) is 0 Å². The van der Waals surface area contributed by atoms with Crippen LogP contribution in [0.1, 0.15) is 64.0 Å². The molecule has 1 saturated heterocycles. The first kappa shape index (κ1) is 25.1. The standard InChI is InChI=1S/C28H40N2O3/c1-5-19(2)27(29-28(33)14-11-22-9-12-24(31)13-10-22)18-30-16-15-26(20(3)21(30)4)23-7-6-8-25(32)17-23/h6-10,12-13,17,19-21,26-27,31-32H,5,11,14-16,18H2,1-4H3,(H,29,33)/t19?,20-,21?,26+,27+/m0/s1. The SMILES string of the molecule is CCC(C)[C@@H](CN1CC[C@@H](c2cccc(O)c2)[C@@H](C)C1C)NC(=O)CCc1ccc(O)cc1. The van der Waals surface area contributed by atoms with Crippen LogP contribution in [-0.4, -0.2) is 46.2 Å². The Kier molecular flexibility index (Phi) is 8.79. The molecule has 0 spiro atoms. The van der Waals surface area contributed by atoms with E-state index in [-0.39, 0.29) is 17.7 Å². The molecule has 180 valence electrons. The van der Waals surface area contributed by atoms with Crippen LogP contribution in [0, 0.1) is 11.8 Å². The summed E-state index contributed by atoms with van der Waals surface area (Å²) in [5.74, 6) is 1.96. The zero-order valence-corrected chi connectivity index (χ0v) is 20.5. The molecule has 0 saturated carbocycles. The van der Waals surface area contributed by atoms with Gasteiger partial charge in [0.1, 0.15) is 11.5 Å². The van der Waals surface area contributed by atoms with E-state index in [1.54, 1.807) is 18.2 Å². The smallest absolute Gasteiger partial charge is 0.220 e. The molecule has 0 bridgehead atoms. The number of hydrogen-bond donors (Lipinski definition) is 3. The molecule has 1 aliphatic heterocycles. The number of hydrogen-bond acceptors (Lipinski definition) is 4. The minimum atomic E-state index is 0.0868. The van der Waals surface area contributed by atoms with Gasteiger partial charge in [0.15, 0.2) is 0 Å². The van der Waals surface area contributed by atoms with Crippen molar-refractivity contribution in [1.82, 2.24) is 10.2 Å². The molecule has 3 rings (SSSR count). The quantitative estimate of drug-likeness (QED) is 0.496. The summed E-state index contributed by atoms with van der Waals surface area (Å²) in [6.07, 6.45) is 3.19. The highest BCUT2D eigenvalue weighted by atomic mass is 16.3. The number of carbonyl (C=O) groups is 1. The number of likely N-dealkylation sites (tertiary alicyclic amines) is 1. The molecule has 1 fully saturated rings. The Morgan fingerprint density at radius 2 is 1.85 bits per heavy atom. The third-order valence-corrected chi connectivity index (χ3v) is 7.68. The van der Waals surface area contributed by atoms with Crippen molar-refractivity contribution < 1.29 is 15.0 Å². The number of carbonyl (C=O) groups excluding carboxylic acids is 1. The molecule has 0 radical (unpaired) electrons. The number of amides is 1. The highest BCUT2D eigenvalue weighted by molar-refractivity contribution is 5.76. The van der Waals surface area contributed by atoms with Crippen LogP contribution in [0.2, 0.25) is 0 Å². The lowest BCUT2D eigenvalue weighted by atomic mass is 9.77. The van der Waals surface area contributed by atoms with Crippen molar-refractivity contribution in [2.75, 3.05) is 13.1 Å². The van der Waals surface area contributed by atoms with E-state index < -0.39 is 0 Å². The summed E-state index contributed by atoms with van der Waals surface area (Å²) in [5.41, 5.74) is 2.27. The summed E-state index contributed by atoms with van der Waals surface area (Å²) >= 11 is 0. The maximum Gasteiger partial charge on any atom is 0.220 e. The summed E-state index contributed by atoms with van der Waals surface area (Å²) in [6, 6.07) is 15.3. The van der Waals surface area contributed by atoms with Gasteiger partial charge >= 0.3 is 0 Å². The molecular formula is C28H40N2O3. The highest BCUT2D eigenvalue weighted by Crippen LogP contribution is 2.37. The van der Waals surface area contributed by atoms with E-state index in [1.807, 2.05) is 24.3 Å². The molecule has 2 unspecified atom stereocenters. The van der Waals surface area contributed by atoms with E-state index in [2.05, 4.69) is 44.0 Å². The first-order valence-electron chi connectivity index (χ1n) is 12.4. The van der Waals surface area contributed by atoms with Crippen LogP contribution in [0.5, 0.6) is 11.5 Å². The number of rotatable bonds is 9. The maximum atomic E-state index is 12.8. The van der Waals surface area contributed by atoms with Crippen molar-refractivity contribution in [3.63, 3.8) is 0 Å². The molecule has 0 aromatic heterocycles. The predicted molar refractivity (Wildman–Crippen MR) is 133 cm³/mol. The van der Waals surface area contributed by atoms with Gasteiger partial charge < -0.3 is 15.5 Å². The van der Waals surface area contributed by atoms with Crippen LogP contribution >= 0.6 is 0 Å². The minimum absolute atomic E-state index is 0.0868. The molecule has 1 amide bonds. The van der Waals surface area contributed by atoms with Gasteiger partial charge in [0.05, 0.1) is 0 Å². The Labute approximate surface area is 198 Å². The van der Waals surface area contributed by atoms with E-state index in [0.717, 1.165) is 31.5 Å². The molecule has 0 aliphatic carbocycles. The van der Waals surface area contributed by atoms with Gasteiger partial charge in [0.2, 0.25) is 5.91 Å². The minimum Gasteiger partial charge on any atom is -0.508 e. The van der Waals surface area contributed by atoms with Crippen molar-refractivity contribution >= 4 is 5.91 Å². The second kappa shape index (κ2) is 11.6. The Morgan fingerprint density at radius 1 is 1.12 bits per heavy atom. The zero-order valence-electron chi connectivity index (χ0n) is 20.5. The molecule has 2 aromatic carbocycles. The van der Waals surface area contributed by atoms with E-state index in [0.29, 0.717) is 42.4 Å². The molecule has 3 N–H and O–H groups in total. The number of nitrogens with one attached hydrogen (secondary N) is 1. The molecule has 5 atom stereocenters. The van der Waals surface area contributed by atoms with Crippen LogP contribution in [0.25, 0.3) is 0 Å². The van der Waals surface area contributed by atoms with Gasteiger partial charge in [-0.3, -0.25) is 9.69 Å². The number of aromatic hydroxyl groups is 2. The second-order valence-electron chi connectivity index (χ2n) is 9.81. The molecular weight excluding hydrogens is 412 g/mol. The highest BCUT2D eigenvalue weighted by Gasteiger charge is 2.35. The van der Waals surface area contributed by atoms with Gasteiger partial charge in [0.25, 0.3) is 0 Å². The summed E-state index contributed by atoms with van der Waals surface area (Å²) in [7, 11) is 0. The molecule has 5 nitrogen and oxygen atoms in total. The second-order valence-corrected chi connectivity index (χ2v) is 9.81. The monoisotopic (exact) mass is 452 g/mol. The van der Waals surface area contributed by atoms with E-state index in [1.165, 1.54) is 5.56 Å². The number of piperidine rings is 1. The number of benzene rings is 2. The lowest BCUT2D eigenvalue weighted by molar-refractivity contribution is -0.122. The van der Waals surface area contributed by atoms with Gasteiger partial charge in [-0.25, -0.2) is 0 Å². The van der Waals surface area contributed by atoms with Gasteiger partial charge in [-0.1, -0.05) is 51.5 Å². The fourth-order valence-corrected chi connectivity index (χ4v) is 5.03. The van der Waals surface area contributed by atoms with Crippen molar-refractivity contribution in [1.29, 1.82) is 0 Å². The van der Waals surface area contributed by atoms with Crippen molar-refractivity contribution in [3.05, 3.63) is 59.7 Å². The average Bonchev–Trinajstić information content (AvgIpc) is 2.80. The molecule has 5 heteroatoms. The summed E-state index contributed by atoms with van der Waals surface area (Å²) < 4.78 is 0. The third-order valence-electron chi connectivity index (χ3n) is 7.68. The number of phenolic OH excluding ortho intramolecular Hbond substituents is 2. The normalized spacial score (nSPS) is 23.1. The van der Waals surface area contributed by atoms with Crippen molar-refractivity contribution in [2.24, 2.45) is 11.8 Å². The van der Waals surface area contributed by atoms with Crippen LogP contribution < -0.4 is 5.32 Å². The number of nitrogens with zero attached hydrogens (tertiary/aromatic N) is 1. The molecule has 1 heterocycles. The van der Waals surface area contributed by atoms with Crippen LogP contribution in [-0.2, 0) is 11.2 Å². The number of phenols is 2. The third kappa shape index (κ3) is 6.73. The lowest BCUT2D eigenvalue weighted by Crippen LogP contribution is -2.53. The lowest BCUT2D eigenvalue weighted by Gasteiger charge is -2.45. The fraction of sp³-hybridized carbons (Fsp3) is 0.536. The van der Waals surface area contributed by atoms with E-state index >= 15 is 0 Å². The van der Waals surface area contributed by atoms with Crippen LogP contribution in [0.15, 0.2) is 48.5 Å². The van der Waals surface area contributed by atoms with Gasteiger partial charge in [0, 0.05) is 25.0 Å². The molecule has 33 heavy (non-hydrogen) atoms.